The molecule has 1 atom stereocenters. The lowest BCUT2D eigenvalue weighted by Crippen LogP contribution is -2.21. The van der Waals surface area contributed by atoms with Crippen LogP contribution in [0.5, 0.6) is 0 Å². The second-order valence-corrected chi connectivity index (χ2v) is 5.54. The van der Waals surface area contributed by atoms with Gasteiger partial charge in [-0.25, -0.2) is 0 Å². The third-order valence-corrected chi connectivity index (χ3v) is 3.75. The first kappa shape index (κ1) is 14.5. The molecule has 0 radical (unpaired) electrons. The fourth-order valence-electron chi connectivity index (χ4n) is 2.56. The third kappa shape index (κ3) is 2.99. The molecule has 2 aromatic rings. The summed E-state index contributed by atoms with van der Waals surface area (Å²) < 4.78 is 0. The van der Waals surface area contributed by atoms with Crippen molar-refractivity contribution in [3.8, 4) is 0 Å². The van der Waals surface area contributed by atoms with Gasteiger partial charge in [-0.3, -0.25) is 4.79 Å². The Morgan fingerprint density at radius 3 is 2.55 bits per heavy atom. The molecule has 1 unspecified atom stereocenters. The van der Waals surface area contributed by atoms with Gasteiger partial charge in [-0.1, -0.05) is 36.4 Å². The molecule has 0 aromatic heterocycles. The van der Waals surface area contributed by atoms with E-state index in [1.165, 1.54) is 5.56 Å². The third-order valence-electron chi connectivity index (χ3n) is 3.75. The molecule has 3 heteroatoms. The van der Waals surface area contributed by atoms with E-state index in [1.54, 1.807) is 0 Å². The highest BCUT2D eigenvalue weighted by atomic mass is 16.1. The fraction of sp³-hybridized carbons (Fsp3) is 0.353. The van der Waals surface area contributed by atoms with E-state index in [1.807, 2.05) is 19.1 Å². The van der Waals surface area contributed by atoms with Crippen LogP contribution in [0, 0.1) is 0 Å². The largest absolute Gasteiger partial charge is 0.369 e. The summed E-state index contributed by atoms with van der Waals surface area (Å²) in [5.74, 6) is -0.536. The van der Waals surface area contributed by atoms with E-state index in [0.29, 0.717) is 0 Å². The minimum absolute atomic E-state index is 0.265. The van der Waals surface area contributed by atoms with Crippen molar-refractivity contribution in [2.75, 3.05) is 20.6 Å². The Labute approximate surface area is 120 Å². The van der Waals surface area contributed by atoms with Crippen LogP contribution in [0.1, 0.15) is 24.0 Å². The van der Waals surface area contributed by atoms with Gasteiger partial charge in [0.2, 0.25) is 5.91 Å². The summed E-state index contributed by atoms with van der Waals surface area (Å²) in [6, 6.07) is 12.4. The van der Waals surface area contributed by atoms with Gasteiger partial charge in [0.15, 0.2) is 0 Å². The standard InChI is InChI=1S/C17H22N2O/c1-12(17(18)20)16-14(10-11-19(2)3)9-8-13-6-4-5-7-15(13)16/h4-9,12H,10-11H2,1-3H3,(H2,18,20). The molecular formula is C17H22N2O. The van der Waals surface area contributed by atoms with Gasteiger partial charge in [-0.2, -0.15) is 0 Å². The number of fused-ring (bicyclic) bond motifs is 1. The number of nitrogens with zero attached hydrogens (tertiary/aromatic N) is 1. The monoisotopic (exact) mass is 270 g/mol. The Kier molecular flexibility index (Phi) is 4.40. The summed E-state index contributed by atoms with van der Waals surface area (Å²) >= 11 is 0. The van der Waals surface area contributed by atoms with Crippen molar-refractivity contribution in [1.29, 1.82) is 0 Å². The molecule has 0 aliphatic carbocycles. The number of carbonyl (C=O) groups excluding carboxylic acids is 1. The number of rotatable bonds is 5. The molecule has 0 saturated heterocycles. The van der Waals surface area contributed by atoms with Crippen LogP contribution in [0.25, 0.3) is 10.8 Å². The van der Waals surface area contributed by atoms with Crippen LogP contribution in [0.4, 0.5) is 0 Å². The molecule has 0 aliphatic rings. The Bertz CT molecular complexity index is 619. The summed E-state index contributed by atoms with van der Waals surface area (Å²) in [7, 11) is 4.11. The average molecular weight is 270 g/mol. The van der Waals surface area contributed by atoms with Gasteiger partial charge in [0.25, 0.3) is 0 Å². The van der Waals surface area contributed by atoms with Gasteiger partial charge in [0.05, 0.1) is 5.92 Å². The first-order valence-electron chi connectivity index (χ1n) is 6.95. The fourth-order valence-corrected chi connectivity index (χ4v) is 2.56. The van der Waals surface area contributed by atoms with Crippen LogP contribution < -0.4 is 5.73 Å². The second-order valence-electron chi connectivity index (χ2n) is 5.54. The Morgan fingerprint density at radius 2 is 1.90 bits per heavy atom. The van der Waals surface area contributed by atoms with Crippen molar-refractivity contribution in [2.24, 2.45) is 5.73 Å². The number of primary amides is 1. The molecule has 2 N–H and O–H groups in total. The summed E-state index contributed by atoms with van der Waals surface area (Å²) in [6.45, 7) is 2.85. The van der Waals surface area contributed by atoms with Crippen molar-refractivity contribution >= 4 is 16.7 Å². The molecule has 0 fully saturated rings. The lowest BCUT2D eigenvalue weighted by atomic mass is 9.88. The van der Waals surface area contributed by atoms with Crippen molar-refractivity contribution in [2.45, 2.75) is 19.3 Å². The molecule has 0 heterocycles. The average Bonchev–Trinajstić information content (AvgIpc) is 2.43. The Hall–Kier alpha value is -1.87. The maximum absolute atomic E-state index is 11.6. The number of benzene rings is 2. The minimum Gasteiger partial charge on any atom is -0.369 e. The summed E-state index contributed by atoms with van der Waals surface area (Å²) in [5, 5.41) is 2.29. The molecule has 0 bridgehead atoms. The molecule has 2 rings (SSSR count). The highest BCUT2D eigenvalue weighted by Crippen LogP contribution is 2.29. The van der Waals surface area contributed by atoms with Crippen LogP contribution in [-0.2, 0) is 11.2 Å². The number of nitrogens with two attached hydrogens (primary N) is 1. The van der Waals surface area contributed by atoms with Crippen molar-refractivity contribution in [1.82, 2.24) is 4.90 Å². The van der Waals surface area contributed by atoms with Gasteiger partial charge < -0.3 is 10.6 Å². The number of hydrogen-bond donors (Lipinski definition) is 1. The van der Waals surface area contributed by atoms with E-state index < -0.39 is 0 Å². The zero-order valence-electron chi connectivity index (χ0n) is 12.4. The molecule has 106 valence electrons. The highest BCUT2D eigenvalue weighted by Gasteiger charge is 2.18. The van der Waals surface area contributed by atoms with E-state index in [0.717, 1.165) is 29.3 Å². The van der Waals surface area contributed by atoms with E-state index in [9.17, 15) is 4.79 Å². The number of carbonyl (C=O) groups is 1. The van der Waals surface area contributed by atoms with E-state index >= 15 is 0 Å². The predicted molar refractivity (Wildman–Crippen MR) is 83.8 cm³/mol. The maximum Gasteiger partial charge on any atom is 0.224 e. The normalized spacial score (nSPS) is 12.8. The zero-order valence-corrected chi connectivity index (χ0v) is 12.4. The first-order chi connectivity index (χ1) is 9.50. The minimum atomic E-state index is -0.271. The van der Waals surface area contributed by atoms with Crippen molar-refractivity contribution in [3.05, 3.63) is 47.5 Å². The lowest BCUT2D eigenvalue weighted by molar-refractivity contribution is -0.119. The molecule has 3 nitrogen and oxygen atoms in total. The number of amides is 1. The SMILES string of the molecule is CC(C(N)=O)c1c(CCN(C)C)ccc2ccccc12. The highest BCUT2D eigenvalue weighted by molar-refractivity contribution is 5.93. The smallest absolute Gasteiger partial charge is 0.224 e. The molecule has 1 amide bonds. The van der Waals surface area contributed by atoms with Crippen LogP contribution in [0.15, 0.2) is 36.4 Å². The zero-order chi connectivity index (χ0) is 14.7. The van der Waals surface area contributed by atoms with Gasteiger partial charge in [-0.05, 0) is 49.3 Å². The predicted octanol–water partition coefficient (Wildman–Crippen LogP) is 2.53. The van der Waals surface area contributed by atoms with Crippen molar-refractivity contribution < 1.29 is 4.79 Å². The molecule has 0 saturated carbocycles. The Balaban J connectivity index is 2.55. The molecule has 0 spiro atoms. The first-order valence-corrected chi connectivity index (χ1v) is 6.95. The molecular weight excluding hydrogens is 248 g/mol. The van der Waals surface area contributed by atoms with Crippen LogP contribution in [0.2, 0.25) is 0 Å². The van der Waals surface area contributed by atoms with Gasteiger partial charge in [0.1, 0.15) is 0 Å². The molecule has 0 aliphatic heterocycles. The summed E-state index contributed by atoms with van der Waals surface area (Å²) in [6.07, 6.45) is 0.921. The second kappa shape index (κ2) is 6.06. The number of hydrogen-bond acceptors (Lipinski definition) is 2. The van der Waals surface area contributed by atoms with E-state index in [4.69, 9.17) is 5.73 Å². The quantitative estimate of drug-likeness (QED) is 0.907. The van der Waals surface area contributed by atoms with E-state index in [2.05, 4.69) is 43.3 Å². The number of likely N-dealkylation sites (N-methyl/N-ethyl adjacent to an activating group) is 1. The summed E-state index contributed by atoms with van der Waals surface area (Å²) in [5.41, 5.74) is 7.83. The van der Waals surface area contributed by atoms with Crippen molar-refractivity contribution in [3.63, 3.8) is 0 Å². The van der Waals surface area contributed by atoms with Gasteiger partial charge >= 0.3 is 0 Å². The summed E-state index contributed by atoms with van der Waals surface area (Å²) in [4.78, 5) is 13.8. The van der Waals surface area contributed by atoms with Crippen LogP contribution >= 0.6 is 0 Å². The Morgan fingerprint density at radius 1 is 1.20 bits per heavy atom. The topological polar surface area (TPSA) is 46.3 Å². The van der Waals surface area contributed by atoms with Crippen LogP contribution in [0.3, 0.4) is 0 Å². The lowest BCUT2D eigenvalue weighted by Gasteiger charge is -2.18. The van der Waals surface area contributed by atoms with Gasteiger partial charge in [-0.15, -0.1) is 0 Å². The molecule has 2 aromatic carbocycles. The van der Waals surface area contributed by atoms with Gasteiger partial charge in [0, 0.05) is 6.54 Å². The molecule has 20 heavy (non-hydrogen) atoms. The van der Waals surface area contributed by atoms with E-state index in [-0.39, 0.29) is 11.8 Å². The van der Waals surface area contributed by atoms with Crippen LogP contribution in [-0.4, -0.2) is 31.4 Å². The maximum atomic E-state index is 11.6.